The maximum atomic E-state index is 13.9. The van der Waals surface area contributed by atoms with Crippen molar-refractivity contribution in [3.8, 4) is 0 Å². The number of hydrogen-bond donors (Lipinski definition) is 1. The van der Waals surface area contributed by atoms with Crippen LogP contribution >= 0.6 is 0 Å². The Labute approximate surface area is 181 Å². The number of rotatable bonds is 4. The number of nitrogens with zero attached hydrogens (tertiary/aromatic N) is 1. The summed E-state index contributed by atoms with van der Waals surface area (Å²) < 4.78 is 13.9. The SMILES string of the molecule is Cc1ccc(C2=C(Nc3cccc(C)c3C)C(=O)N(c3cccc(F)c3)C2=O)c(C)c1. The van der Waals surface area contributed by atoms with Gasteiger partial charge in [0.2, 0.25) is 0 Å². The number of amides is 2. The van der Waals surface area contributed by atoms with Gasteiger partial charge in [0, 0.05) is 5.69 Å². The summed E-state index contributed by atoms with van der Waals surface area (Å²) in [5.41, 5.74) is 6.10. The molecule has 1 aliphatic rings. The molecule has 0 fully saturated rings. The van der Waals surface area contributed by atoms with E-state index in [4.69, 9.17) is 0 Å². The molecule has 2 amide bonds. The van der Waals surface area contributed by atoms with Crippen LogP contribution < -0.4 is 10.2 Å². The highest BCUT2D eigenvalue weighted by Gasteiger charge is 2.41. The second-order valence-electron chi connectivity index (χ2n) is 7.87. The second-order valence-corrected chi connectivity index (χ2v) is 7.87. The van der Waals surface area contributed by atoms with E-state index in [2.05, 4.69) is 5.32 Å². The summed E-state index contributed by atoms with van der Waals surface area (Å²) in [6, 6.07) is 17.0. The van der Waals surface area contributed by atoms with Gasteiger partial charge in [-0.15, -0.1) is 0 Å². The Kier molecular flexibility index (Phi) is 5.19. The first-order chi connectivity index (χ1) is 14.8. The smallest absolute Gasteiger partial charge is 0.282 e. The highest BCUT2D eigenvalue weighted by atomic mass is 19.1. The zero-order chi connectivity index (χ0) is 22.3. The fraction of sp³-hybridized carbons (Fsp3) is 0.154. The van der Waals surface area contributed by atoms with Crippen LogP contribution in [0.5, 0.6) is 0 Å². The first-order valence-electron chi connectivity index (χ1n) is 10.1. The van der Waals surface area contributed by atoms with Crippen LogP contribution in [0.25, 0.3) is 5.57 Å². The largest absolute Gasteiger partial charge is 0.350 e. The van der Waals surface area contributed by atoms with E-state index in [0.29, 0.717) is 5.56 Å². The highest BCUT2D eigenvalue weighted by molar-refractivity contribution is 6.46. The number of carbonyl (C=O) groups excluding carboxylic acids is 2. The average Bonchev–Trinajstić information content (AvgIpc) is 2.95. The molecule has 3 aromatic rings. The van der Waals surface area contributed by atoms with Gasteiger partial charge < -0.3 is 5.32 Å². The lowest BCUT2D eigenvalue weighted by Gasteiger charge is -2.16. The lowest BCUT2D eigenvalue weighted by molar-refractivity contribution is -0.120. The van der Waals surface area contributed by atoms with E-state index < -0.39 is 17.6 Å². The van der Waals surface area contributed by atoms with Crippen LogP contribution in [0, 0.1) is 33.5 Å². The van der Waals surface area contributed by atoms with Crippen LogP contribution in [0.1, 0.15) is 27.8 Å². The van der Waals surface area contributed by atoms with Crippen LogP contribution in [0.3, 0.4) is 0 Å². The number of halogens is 1. The van der Waals surface area contributed by atoms with Gasteiger partial charge in [0.05, 0.1) is 11.3 Å². The molecule has 0 aromatic heterocycles. The molecule has 1 heterocycles. The molecule has 5 heteroatoms. The topological polar surface area (TPSA) is 49.4 Å². The third-order valence-electron chi connectivity index (χ3n) is 5.67. The van der Waals surface area contributed by atoms with Crippen molar-refractivity contribution < 1.29 is 14.0 Å². The molecule has 1 aliphatic heterocycles. The van der Waals surface area contributed by atoms with Crippen LogP contribution in [-0.2, 0) is 9.59 Å². The van der Waals surface area contributed by atoms with E-state index in [0.717, 1.165) is 32.8 Å². The summed E-state index contributed by atoms with van der Waals surface area (Å²) in [4.78, 5) is 28.0. The second kappa shape index (κ2) is 7.84. The van der Waals surface area contributed by atoms with E-state index in [1.54, 1.807) is 6.07 Å². The van der Waals surface area contributed by atoms with Crippen LogP contribution in [0.4, 0.5) is 15.8 Å². The number of hydrogen-bond acceptors (Lipinski definition) is 3. The fourth-order valence-corrected chi connectivity index (χ4v) is 3.86. The first kappa shape index (κ1) is 20.5. The maximum absolute atomic E-state index is 13.9. The van der Waals surface area contributed by atoms with Crippen molar-refractivity contribution >= 4 is 28.8 Å². The zero-order valence-corrected chi connectivity index (χ0v) is 17.9. The lowest BCUT2D eigenvalue weighted by Crippen LogP contribution is -2.32. The predicted molar refractivity (Wildman–Crippen MR) is 121 cm³/mol. The summed E-state index contributed by atoms with van der Waals surface area (Å²) in [6.07, 6.45) is 0. The molecule has 0 spiro atoms. The van der Waals surface area contributed by atoms with Crippen molar-refractivity contribution in [3.05, 3.63) is 100.0 Å². The number of carbonyl (C=O) groups is 2. The molecule has 0 radical (unpaired) electrons. The predicted octanol–water partition coefficient (Wildman–Crippen LogP) is 5.46. The van der Waals surface area contributed by atoms with Crippen LogP contribution in [0.2, 0.25) is 0 Å². The summed E-state index contributed by atoms with van der Waals surface area (Å²) in [5, 5.41) is 3.21. The number of nitrogens with one attached hydrogen (secondary N) is 1. The summed E-state index contributed by atoms with van der Waals surface area (Å²) in [5.74, 6) is -1.50. The Morgan fingerprint density at radius 1 is 0.806 bits per heavy atom. The highest BCUT2D eigenvalue weighted by Crippen LogP contribution is 2.36. The summed E-state index contributed by atoms with van der Waals surface area (Å²) in [7, 11) is 0. The Hall–Kier alpha value is -3.73. The standard InChI is InChI=1S/C26H23FN2O2/c1-15-11-12-21(17(3)13-15)23-24(28-22-10-5-7-16(2)18(22)4)26(31)29(25(23)30)20-9-6-8-19(27)14-20/h5-14,28H,1-4H3. The first-order valence-corrected chi connectivity index (χ1v) is 10.1. The number of benzene rings is 3. The third-order valence-corrected chi connectivity index (χ3v) is 5.67. The normalized spacial score (nSPS) is 13.9. The molecule has 0 saturated carbocycles. The van der Waals surface area contributed by atoms with Gasteiger partial charge in [0.1, 0.15) is 11.5 Å². The third kappa shape index (κ3) is 3.63. The molecule has 1 N–H and O–H groups in total. The van der Waals surface area contributed by atoms with E-state index >= 15 is 0 Å². The minimum atomic E-state index is -0.512. The van der Waals surface area contributed by atoms with Gasteiger partial charge in [-0.25, -0.2) is 9.29 Å². The van der Waals surface area contributed by atoms with Gasteiger partial charge in [-0.1, -0.05) is 42.0 Å². The van der Waals surface area contributed by atoms with Crippen molar-refractivity contribution in [1.82, 2.24) is 0 Å². The molecular weight excluding hydrogens is 391 g/mol. The van der Waals surface area contributed by atoms with Gasteiger partial charge in [0.15, 0.2) is 0 Å². The van der Waals surface area contributed by atoms with Gasteiger partial charge >= 0.3 is 0 Å². The molecule has 0 unspecified atom stereocenters. The number of anilines is 2. The molecular formula is C26H23FN2O2. The average molecular weight is 414 g/mol. The molecule has 4 nitrogen and oxygen atoms in total. The number of imide groups is 1. The monoisotopic (exact) mass is 414 g/mol. The van der Waals surface area contributed by atoms with E-state index in [9.17, 15) is 14.0 Å². The van der Waals surface area contributed by atoms with Crippen molar-refractivity contribution in [2.24, 2.45) is 0 Å². The molecule has 0 aliphatic carbocycles. The summed E-state index contributed by atoms with van der Waals surface area (Å²) in [6.45, 7) is 7.83. The van der Waals surface area contributed by atoms with Gasteiger partial charge in [-0.05, 0) is 74.2 Å². The fourth-order valence-electron chi connectivity index (χ4n) is 3.86. The van der Waals surface area contributed by atoms with Crippen LogP contribution in [-0.4, -0.2) is 11.8 Å². The van der Waals surface area contributed by atoms with Gasteiger partial charge in [-0.3, -0.25) is 9.59 Å². The van der Waals surface area contributed by atoms with Crippen LogP contribution in [0.15, 0.2) is 66.4 Å². The number of aryl methyl sites for hydroxylation is 3. The molecule has 156 valence electrons. The summed E-state index contributed by atoms with van der Waals surface area (Å²) >= 11 is 0. The zero-order valence-electron chi connectivity index (χ0n) is 17.9. The minimum absolute atomic E-state index is 0.190. The Bertz CT molecular complexity index is 1260. The maximum Gasteiger partial charge on any atom is 0.282 e. The van der Waals surface area contributed by atoms with Gasteiger partial charge in [-0.2, -0.15) is 0 Å². The molecule has 31 heavy (non-hydrogen) atoms. The van der Waals surface area contributed by atoms with E-state index in [1.807, 2.05) is 64.1 Å². The quantitative estimate of drug-likeness (QED) is 0.577. The van der Waals surface area contributed by atoms with Crippen molar-refractivity contribution in [2.75, 3.05) is 10.2 Å². The van der Waals surface area contributed by atoms with E-state index in [-0.39, 0.29) is 17.0 Å². The lowest BCUT2D eigenvalue weighted by atomic mass is 9.97. The Morgan fingerprint density at radius 3 is 2.26 bits per heavy atom. The van der Waals surface area contributed by atoms with E-state index in [1.165, 1.54) is 18.2 Å². The van der Waals surface area contributed by atoms with Gasteiger partial charge in [0.25, 0.3) is 11.8 Å². The molecule has 0 atom stereocenters. The van der Waals surface area contributed by atoms with Crippen molar-refractivity contribution in [1.29, 1.82) is 0 Å². The van der Waals surface area contributed by atoms with Crippen molar-refractivity contribution in [2.45, 2.75) is 27.7 Å². The minimum Gasteiger partial charge on any atom is -0.350 e. The van der Waals surface area contributed by atoms with Crippen molar-refractivity contribution in [3.63, 3.8) is 0 Å². The molecule has 0 saturated heterocycles. The molecule has 4 rings (SSSR count). The molecule has 3 aromatic carbocycles. The Morgan fingerprint density at radius 2 is 1.55 bits per heavy atom. The Balaban J connectivity index is 1.89. The molecule has 0 bridgehead atoms.